The van der Waals surface area contributed by atoms with Gasteiger partial charge in [-0.05, 0) is 137 Å². The number of rotatable bonds is 6. The zero-order valence-corrected chi connectivity index (χ0v) is 37.9. The van der Waals surface area contributed by atoms with Crippen LogP contribution in [0.2, 0.25) is 0 Å². The number of hydrogen-bond donors (Lipinski definition) is 0. The van der Waals surface area contributed by atoms with Crippen LogP contribution in [0.3, 0.4) is 0 Å². The third-order valence-corrected chi connectivity index (χ3v) is 15.4. The lowest BCUT2D eigenvalue weighted by atomic mass is 9.63. The van der Waals surface area contributed by atoms with Crippen LogP contribution < -0.4 is 4.90 Å². The molecule has 0 atom stereocenters. The van der Waals surface area contributed by atoms with Crippen LogP contribution in [0.5, 0.6) is 0 Å². The van der Waals surface area contributed by atoms with Crippen LogP contribution in [0.25, 0.3) is 55.6 Å². The molecule has 1 spiro atoms. The van der Waals surface area contributed by atoms with E-state index in [1.165, 1.54) is 100 Å². The van der Waals surface area contributed by atoms with Crippen LogP contribution in [-0.4, -0.2) is 0 Å². The van der Waals surface area contributed by atoms with Crippen molar-refractivity contribution in [3.63, 3.8) is 0 Å². The van der Waals surface area contributed by atoms with Crippen molar-refractivity contribution in [1.29, 1.82) is 0 Å². The summed E-state index contributed by atoms with van der Waals surface area (Å²) in [7, 11) is 0. The highest BCUT2D eigenvalue weighted by Crippen LogP contribution is 2.63. The zero-order valence-electron chi connectivity index (χ0n) is 37.9. The highest BCUT2D eigenvalue weighted by Gasteiger charge is 2.52. The van der Waals surface area contributed by atoms with E-state index in [-0.39, 0.29) is 0 Å². The molecule has 0 heterocycles. The minimum Gasteiger partial charge on any atom is -0.310 e. The summed E-state index contributed by atoms with van der Waals surface area (Å²) in [4.78, 5) is 2.46. The van der Waals surface area contributed by atoms with Crippen LogP contribution in [0.4, 0.5) is 17.1 Å². The van der Waals surface area contributed by atoms with Gasteiger partial charge in [0.1, 0.15) is 0 Å². The standard InChI is InChI=1S/C68H45N/c1-3-19-46(20-4-1)47-35-39-50(40-36-47)69(52-43-44-60-59-29-13-18-34-65(59)68(66(60)45-52)63-32-16-11-27-57(63)58-28-12-17-33-64(58)68)51-41-37-49(38-42-51)67(48-21-5-2-6-22-48)61-30-14-9-25-55(61)53-23-7-8-24-54(53)56-26-10-15-31-62(56)67/h1-45H. The van der Waals surface area contributed by atoms with Crippen molar-refractivity contribution in [1.82, 2.24) is 0 Å². The van der Waals surface area contributed by atoms with Gasteiger partial charge >= 0.3 is 0 Å². The van der Waals surface area contributed by atoms with Crippen molar-refractivity contribution >= 4 is 17.1 Å². The molecule has 3 aliphatic rings. The van der Waals surface area contributed by atoms with Gasteiger partial charge in [0, 0.05) is 17.1 Å². The summed E-state index contributed by atoms with van der Waals surface area (Å²) in [5, 5.41) is 0. The van der Waals surface area contributed by atoms with Crippen LogP contribution >= 0.6 is 0 Å². The third-order valence-electron chi connectivity index (χ3n) is 15.4. The van der Waals surface area contributed by atoms with Gasteiger partial charge in [-0.15, -0.1) is 0 Å². The molecular formula is C68H45N. The Kier molecular flexibility index (Phi) is 8.78. The van der Waals surface area contributed by atoms with E-state index in [9.17, 15) is 0 Å². The summed E-state index contributed by atoms with van der Waals surface area (Å²) in [5.41, 5.74) is 25.2. The topological polar surface area (TPSA) is 3.24 Å². The van der Waals surface area contributed by atoms with Gasteiger partial charge in [0.05, 0.1) is 10.8 Å². The Hall–Kier alpha value is -8.78. The average Bonchev–Trinajstić information content (AvgIpc) is 3.86. The highest BCUT2D eigenvalue weighted by molar-refractivity contribution is 5.97. The molecule has 0 fully saturated rings. The van der Waals surface area contributed by atoms with Gasteiger partial charge in [0.2, 0.25) is 0 Å². The molecule has 0 N–H and O–H groups in total. The van der Waals surface area contributed by atoms with E-state index in [1.54, 1.807) is 0 Å². The van der Waals surface area contributed by atoms with E-state index in [1.807, 2.05) is 0 Å². The van der Waals surface area contributed by atoms with E-state index >= 15 is 0 Å². The smallest absolute Gasteiger partial charge is 0.0726 e. The lowest BCUT2D eigenvalue weighted by Crippen LogP contribution is -2.31. The van der Waals surface area contributed by atoms with E-state index in [0.717, 1.165) is 17.1 Å². The first-order valence-corrected chi connectivity index (χ1v) is 24.1. The number of benzene rings is 11. The van der Waals surface area contributed by atoms with Gasteiger partial charge in [0.15, 0.2) is 0 Å². The predicted molar refractivity (Wildman–Crippen MR) is 286 cm³/mol. The Balaban J connectivity index is 0.999. The maximum absolute atomic E-state index is 2.49. The summed E-state index contributed by atoms with van der Waals surface area (Å²) >= 11 is 0. The Morgan fingerprint density at radius 3 is 1.00 bits per heavy atom. The fraction of sp³-hybridized carbons (Fsp3) is 0.0294. The predicted octanol–water partition coefficient (Wildman–Crippen LogP) is 17.2. The van der Waals surface area contributed by atoms with Crippen molar-refractivity contribution in [2.45, 2.75) is 10.8 Å². The highest BCUT2D eigenvalue weighted by atomic mass is 15.1. The van der Waals surface area contributed by atoms with Crippen molar-refractivity contribution < 1.29 is 0 Å². The van der Waals surface area contributed by atoms with E-state index < -0.39 is 10.8 Å². The monoisotopic (exact) mass is 875 g/mol. The normalized spacial score (nSPS) is 13.7. The molecule has 1 heteroatoms. The second-order valence-electron chi connectivity index (χ2n) is 18.7. The van der Waals surface area contributed by atoms with Crippen molar-refractivity contribution in [3.05, 3.63) is 317 Å². The molecule has 0 amide bonds. The minimum atomic E-state index is -0.622. The van der Waals surface area contributed by atoms with Crippen molar-refractivity contribution in [2.75, 3.05) is 4.90 Å². The largest absolute Gasteiger partial charge is 0.310 e. The zero-order chi connectivity index (χ0) is 45.5. The van der Waals surface area contributed by atoms with E-state index in [0.29, 0.717) is 0 Å². The number of anilines is 3. The molecule has 0 saturated heterocycles. The second-order valence-corrected chi connectivity index (χ2v) is 18.7. The Labute approximate surface area is 403 Å². The van der Waals surface area contributed by atoms with Gasteiger partial charge in [-0.25, -0.2) is 0 Å². The lowest BCUT2D eigenvalue weighted by molar-refractivity contribution is 0.751. The summed E-state index contributed by atoms with van der Waals surface area (Å²) in [6.07, 6.45) is 0. The second kappa shape index (κ2) is 15.4. The molecule has 0 aliphatic heterocycles. The van der Waals surface area contributed by atoms with E-state index in [2.05, 4.69) is 278 Å². The summed E-state index contributed by atoms with van der Waals surface area (Å²) in [6, 6.07) is 102. The van der Waals surface area contributed by atoms with Gasteiger partial charge in [-0.1, -0.05) is 237 Å². The molecular weight excluding hydrogens is 831 g/mol. The fourth-order valence-electron chi connectivity index (χ4n) is 12.6. The maximum Gasteiger partial charge on any atom is 0.0726 e. The van der Waals surface area contributed by atoms with E-state index in [4.69, 9.17) is 0 Å². The Morgan fingerprint density at radius 2 is 0.522 bits per heavy atom. The molecule has 0 aromatic heterocycles. The number of hydrogen-bond acceptors (Lipinski definition) is 1. The molecule has 1 nitrogen and oxygen atoms in total. The first-order valence-electron chi connectivity index (χ1n) is 24.1. The SMILES string of the molecule is c1ccc(-c2ccc(N(c3ccc(C4(c5ccccc5)c5ccccc5-c5ccccc5-c5ccccc54)cc3)c3ccc4c(c3)C3(c5ccccc5-c5ccccc53)c3ccccc3-4)cc2)cc1. The Bertz CT molecular complexity index is 3640. The number of nitrogens with zero attached hydrogens (tertiary/aromatic N) is 1. The first kappa shape index (κ1) is 39.4. The molecule has 3 aliphatic carbocycles. The van der Waals surface area contributed by atoms with Crippen LogP contribution in [0.1, 0.15) is 44.5 Å². The van der Waals surface area contributed by atoms with Crippen molar-refractivity contribution in [2.24, 2.45) is 0 Å². The average molecular weight is 876 g/mol. The van der Waals surface area contributed by atoms with Gasteiger partial charge < -0.3 is 4.90 Å². The minimum absolute atomic E-state index is 0.457. The van der Waals surface area contributed by atoms with Crippen LogP contribution in [0.15, 0.2) is 273 Å². The lowest BCUT2D eigenvalue weighted by Gasteiger charge is -2.38. The quantitative estimate of drug-likeness (QED) is 0.161. The molecule has 11 aromatic rings. The van der Waals surface area contributed by atoms with Crippen LogP contribution in [0, 0.1) is 0 Å². The summed E-state index contributed by atoms with van der Waals surface area (Å²) < 4.78 is 0. The molecule has 14 rings (SSSR count). The molecule has 322 valence electrons. The maximum atomic E-state index is 2.49. The van der Waals surface area contributed by atoms with Crippen molar-refractivity contribution in [3.8, 4) is 55.6 Å². The summed E-state index contributed by atoms with van der Waals surface area (Å²) in [5.74, 6) is 0. The van der Waals surface area contributed by atoms with Gasteiger partial charge in [-0.2, -0.15) is 0 Å². The molecule has 0 unspecified atom stereocenters. The summed E-state index contributed by atoms with van der Waals surface area (Å²) in [6.45, 7) is 0. The number of fused-ring (bicyclic) bond motifs is 15. The molecule has 11 aromatic carbocycles. The Morgan fingerprint density at radius 1 is 0.203 bits per heavy atom. The first-order chi connectivity index (χ1) is 34.2. The molecule has 0 saturated carbocycles. The fourth-order valence-corrected chi connectivity index (χ4v) is 12.6. The molecule has 0 bridgehead atoms. The van der Waals surface area contributed by atoms with Gasteiger partial charge in [-0.3, -0.25) is 0 Å². The van der Waals surface area contributed by atoms with Gasteiger partial charge in [0.25, 0.3) is 0 Å². The molecule has 0 radical (unpaired) electrons. The van der Waals surface area contributed by atoms with Crippen LogP contribution in [-0.2, 0) is 10.8 Å². The third kappa shape index (κ3) is 5.59. The molecule has 69 heavy (non-hydrogen) atoms.